The zero-order valence-corrected chi connectivity index (χ0v) is 9.23. The van der Waals surface area contributed by atoms with Crippen molar-refractivity contribution in [3.8, 4) is 5.75 Å². The highest BCUT2D eigenvalue weighted by molar-refractivity contribution is 7.80. The number of nitrogens with one attached hydrogen (secondary N) is 2. The number of fused-ring (bicyclic) bond motifs is 4. The SMILES string of the molecule is C[C@@]12C[C@H](NC(=S)N1)c1ccccc1O2. The predicted molar refractivity (Wildman–Crippen MR) is 61.7 cm³/mol. The summed E-state index contributed by atoms with van der Waals surface area (Å²) in [5, 5.41) is 7.10. The number of para-hydroxylation sites is 1. The minimum absolute atomic E-state index is 0.272. The first kappa shape index (κ1) is 8.97. The lowest BCUT2D eigenvalue weighted by molar-refractivity contribution is 0.0251. The summed E-state index contributed by atoms with van der Waals surface area (Å²) in [6.07, 6.45) is 0.893. The predicted octanol–water partition coefficient (Wildman–Crippen LogP) is 1.70. The number of thiocarbonyl (C=S) groups is 1. The summed E-state index contributed by atoms with van der Waals surface area (Å²) in [5.41, 5.74) is 0.834. The Labute approximate surface area is 93.8 Å². The molecular weight excluding hydrogens is 208 g/mol. The van der Waals surface area contributed by atoms with Crippen LogP contribution in [0.15, 0.2) is 24.3 Å². The monoisotopic (exact) mass is 220 g/mol. The first-order valence-electron chi connectivity index (χ1n) is 5.03. The summed E-state index contributed by atoms with van der Waals surface area (Å²) in [4.78, 5) is 0. The molecule has 15 heavy (non-hydrogen) atoms. The molecule has 0 amide bonds. The molecule has 0 saturated carbocycles. The van der Waals surface area contributed by atoms with Crippen molar-refractivity contribution >= 4 is 17.3 Å². The minimum atomic E-state index is -0.360. The van der Waals surface area contributed by atoms with Crippen LogP contribution in [0, 0.1) is 0 Å². The smallest absolute Gasteiger partial charge is 0.181 e. The molecule has 0 aliphatic carbocycles. The van der Waals surface area contributed by atoms with E-state index in [1.54, 1.807) is 0 Å². The third-order valence-electron chi connectivity index (χ3n) is 2.91. The molecule has 2 N–H and O–H groups in total. The van der Waals surface area contributed by atoms with E-state index >= 15 is 0 Å². The molecule has 1 aromatic rings. The molecule has 3 nitrogen and oxygen atoms in total. The molecule has 2 aliphatic heterocycles. The van der Waals surface area contributed by atoms with Crippen LogP contribution >= 0.6 is 12.2 Å². The Morgan fingerprint density at radius 1 is 1.47 bits per heavy atom. The van der Waals surface area contributed by atoms with Crippen LogP contribution in [0.3, 0.4) is 0 Å². The van der Waals surface area contributed by atoms with Gasteiger partial charge in [0.25, 0.3) is 0 Å². The molecule has 0 radical (unpaired) electrons. The van der Waals surface area contributed by atoms with E-state index in [1.807, 2.05) is 25.1 Å². The molecule has 1 saturated heterocycles. The quantitative estimate of drug-likeness (QED) is 0.652. The summed E-state index contributed by atoms with van der Waals surface area (Å²) < 4.78 is 5.92. The molecule has 2 heterocycles. The molecule has 0 unspecified atom stereocenters. The highest BCUT2D eigenvalue weighted by Gasteiger charge is 2.41. The number of benzene rings is 1. The summed E-state index contributed by atoms with van der Waals surface area (Å²) in [5.74, 6) is 0.943. The third kappa shape index (κ3) is 1.36. The van der Waals surface area contributed by atoms with E-state index in [9.17, 15) is 0 Å². The van der Waals surface area contributed by atoms with Gasteiger partial charge in [0, 0.05) is 12.0 Å². The average molecular weight is 220 g/mol. The fraction of sp³-hybridized carbons (Fsp3) is 0.364. The van der Waals surface area contributed by atoms with Gasteiger partial charge in [-0.2, -0.15) is 0 Å². The van der Waals surface area contributed by atoms with Crippen molar-refractivity contribution in [1.29, 1.82) is 0 Å². The zero-order valence-electron chi connectivity index (χ0n) is 8.41. The molecule has 0 aromatic heterocycles. The number of ether oxygens (including phenoxy) is 1. The molecule has 2 atom stereocenters. The molecule has 2 bridgehead atoms. The van der Waals surface area contributed by atoms with Crippen molar-refractivity contribution in [3.05, 3.63) is 29.8 Å². The van der Waals surface area contributed by atoms with E-state index in [4.69, 9.17) is 17.0 Å². The molecule has 2 aliphatic rings. The fourth-order valence-electron chi connectivity index (χ4n) is 2.29. The Bertz CT molecular complexity index is 434. The molecule has 1 fully saturated rings. The van der Waals surface area contributed by atoms with E-state index < -0.39 is 0 Å². The van der Waals surface area contributed by atoms with E-state index in [-0.39, 0.29) is 11.8 Å². The Morgan fingerprint density at radius 2 is 2.27 bits per heavy atom. The van der Waals surface area contributed by atoms with Crippen molar-refractivity contribution in [3.63, 3.8) is 0 Å². The van der Waals surface area contributed by atoms with Gasteiger partial charge in [0.15, 0.2) is 10.8 Å². The van der Waals surface area contributed by atoms with Gasteiger partial charge in [-0.3, -0.25) is 0 Å². The Kier molecular flexibility index (Phi) is 1.71. The second-order valence-corrected chi connectivity index (χ2v) is 4.63. The van der Waals surface area contributed by atoms with Gasteiger partial charge in [-0.25, -0.2) is 0 Å². The van der Waals surface area contributed by atoms with Crippen LogP contribution in [-0.2, 0) is 0 Å². The summed E-state index contributed by atoms with van der Waals surface area (Å²) in [6.45, 7) is 2.03. The number of rotatable bonds is 0. The maximum absolute atomic E-state index is 5.92. The maximum Gasteiger partial charge on any atom is 0.181 e. The fourth-order valence-corrected chi connectivity index (χ4v) is 2.64. The first-order valence-corrected chi connectivity index (χ1v) is 5.44. The number of hydrogen-bond acceptors (Lipinski definition) is 2. The van der Waals surface area contributed by atoms with Crippen molar-refractivity contribution < 1.29 is 4.74 Å². The van der Waals surface area contributed by atoms with Gasteiger partial charge in [0.2, 0.25) is 0 Å². The summed E-state index contributed by atoms with van der Waals surface area (Å²) in [6, 6.07) is 8.37. The van der Waals surface area contributed by atoms with Gasteiger partial charge in [-0.05, 0) is 25.2 Å². The lowest BCUT2D eigenvalue weighted by Crippen LogP contribution is -2.62. The van der Waals surface area contributed by atoms with Crippen LogP contribution in [-0.4, -0.2) is 10.8 Å². The second-order valence-electron chi connectivity index (χ2n) is 4.23. The Hall–Kier alpha value is -1.29. The molecular formula is C11H12N2OS. The van der Waals surface area contributed by atoms with Crippen molar-refractivity contribution in [1.82, 2.24) is 10.6 Å². The van der Waals surface area contributed by atoms with Gasteiger partial charge >= 0.3 is 0 Å². The van der Waals surface area contributed by atoms with Crippen LogP contribution in [0.2, 0.25) is 0 Å². The van der Waals surface area contributed by atoms with Crippen LogP contribution in [0.5, 0.6) is 5.75 Å². The molecule has 78 valence electrons. The molecule has 0 spiro atoms. The Balaban J connectivity index is 2.10. The summed E-state index contributed by atoms with van der Waals surface area (Å²) in [7, 11) is 0. The minimum Gasteiger partial charge on any atom is -0.468 e. The average Bonchev–Trinajstić information content (AvgIpc) is 2.15. The van der Waals surface area contributed by atoms with Gasteiger partial charge in [-0.1, -0.05) is 18.2 Å². The molecule has 1 aromatic carbocycles. The third-order valence-corrected chi connectivity index (χ3v) is 3.13. The van der Waals surface area contributed by atoms with Crippen LogP contribution < -0.4 is 15.4 Å². The van der Waals surface area contributed by atoms with Crippen LogP contribution in [0.25, 0.3) is 0 Å². The zero-order chi connectivity index (χ0) is 10.5. The van der Waals surface area contributed by atoms with Gasteiger partial charge < -0.3 is 15.4 Å². The number of hydrogen-bond donors (Lipinski definition) is 2. The van der Waals surface area contributed by atoms with E-state index in [0.717, 1.165) is 12.2 Å². The van der Waals surface area contributed by atoms with E-state index in [2.05, 4.69) is 16.7 Å². The summed E-state index contributed by atoms with van der Waals surface area (Å²) >= 11 is 5.16. The second kappa shape index (κ2) is 2.85. The van der Waals surface area contributed by atoms with Gasteiger partial charge in [0.05, 0.1) is 6.04 Å². The standard InChI is InChI=1S/C11H12N2OS/c1-11-6-8(12-10(15)13-11)7-4-2-3-5-9(7)14-11/h2-5,8H,6H2,1H3,(H2,12,13,15)/t8-,11+/m0/s1. The maximum atomic E-state index is 5.92. The normalized spacial score (nSPS) is 32.1. The first-order chi connectivity index (χ1) is 7.16. The van der Waals surface area contributed by atoms with E-state index in [1.165, 1.54) is 5.56 Å². The highest BCUT2D eigenvalue weighted by Crippen LogP contribution is 2.39. The van der Waals surface area contributed by atoms with Crippen molar-refractivity contribution in [2.24, 2.45) is 0 Å². The van der Waals surface area contributed by atoms with Crippen molar-refractivity contribution in [2.75, 3.05) is 0 Å². The lowest BCUT2D eigenvalue weighted by atomic mass is 9.92. The van der Waals surface area contributed by atoms with Crippen molar-refractivity contribution in [2.45, 2.75) is 25.1 Å². The van der Waals surface area contributed by atoms with Gasteiger partial charge in [0.1, 0.15) is 5.75 Å². The van der Waals surface area contributed by atoms with Crippen LogP contribution in [0.4, 0.5) is 0 Å². The molecule has 3 rings (SSSR count). The van der Waals surface area contributed by atoms with Crippen LogP contribution in [0.1, 0.15) is 24.9 Å². The largest absolute Gasteiger partial charge is 0.468 e. The highest BCUT2D eigenvalue weighted by atomic mass is 32.1. The topological polar surface area (TPSA) is 33.3 Å². The molecule has 4 heteroatoms. The van der Waals surface area contributed by atoms with Gasteiger partial charge in [-0.15, -0.1) is 0 Å². The lowest BCUT2D eigenvalue weighted by Gasteiger charge is -2.45. The Morgan fingerprint density at radius 3 is 3.13 bits per heavy atom. The van der Waals surface area contributed by atoms with E-state index in [0.29, 0.717) is 5.11 Å².